The number of hydrogen-bond acceptors (Lipinski definition) is 4. The highest BCUT2D eigenvalue weighted by Crippen LogP contribution is 2.24. The zero-order chi connectivity index (χ0) is 18.6. The van der Waals surface area contributed by atoms with Crippen LogP contribution >= 0.6 is 11.8 Å². The van der Waals surface area contributed by atoms with Crippen molar-refractivity contribution in [3.05, 3.63) is 77.7 Å². The zero-order valence-corrected chi connectivity index (χ0v) is 15.5. The average Bonchev–Trinajstić information content (AvgIpc) is 3.21. The van der Waals surface area contributed by atoms with Gasteiger partial charge < -0.3 is 0 Å². The first-order valence-electron chi connectivity index (χ1n) is 8.75. The van der Waals surface area contributed by atoms with E-state index in [1.165, 1.54) is 17.8 Å². The topological polar surface area (TPSA) is 45.6 Å². The molecule has 2 heterocycles. The first-order valence-corrected chi connectivity index (χ1v) is 9.91. The number of nitrogens with zero attached hydrogens (tertiary/aromatic N) is 3. The summed E-state index contributed by atoms with van der Waals surface area (Å²) in [6.07, 6.45) is 2.43. The lowest BCUT2D eigenvalue weighted by molar-refractivity contribution is -0.127. The molecule has 0 saturated heterocycles. The van der Waals surface area contributed by atoms with E-state index in [4.69, 9.17) is 0 Å². The van der Waals surface area contributed by atoms with Crippen molar-refractivity contribution in [2.24, 2.45) is 5.10 Å². The Morgan fingerprint density at radius 3 is 2.81 bits per heavy atom. The molecule has 4 nitrogen and oxygen atoms in total. The molecule has 6 heteroatoms. The third kappa shape index (κ3) is 3.85. The van der Waals surface area contributed by atoms with Gasteiger partial charge in [-0.25, -0.2) is 9.40 Å². The van der Waals surface area contributed by atoms with Crippen LogP contribution in [0.25, 0.3) is 10.9 Å². The first-order chi connectivity index (χ1) is 13.2. The molecule has 0 atom stereocenters. The number of benzene rings is 2. The fourth-order valence-electron chi connectivity index (χ4n) is 3.11. The second-order valence-electron chi connectivity index (χ2n) is 6.28. The van der Waals surface area contributed by atoms with Crippen molar-refractivity contribution in [2.45, 2.75) is 12.2 Å². The molecule has 136 valence electrons. The van der Waals surface area contributed by atoms with Gasteiger partial charge in [0.25, 0.3) is 5.91 Å². The summed E-state index contributed by atoms with van der Waals surface area (Å²) in [6.45, 7) is 0.616. The second kappa shape index (κ2) is 7.88. The van der Waals surface area contributed by atoms with Crippen LogP contribution in [-0.2, 0) is 10.5 Å². The maximum atomic E-state index is 13.9. The molecule has 0 aliphatic carbocycles. The molecule has 2 aromatic carbocycles. The predicted molar refractivity (Wildman–Crippen MR) is 107 cm³/mol. The largest absolute Gasteiger partial charge is 0.272 e. The lowest BCUT2D eigenvalue weighted by atomic mass is 10.1. The van der Waals surface area contributed by atoms with Gasteiger partial charge in [0, 0.05) is 23.8 Å². The van der Waals surface area contributed by atoms with E-state index in [1.54, 1.807) is 29.4 Å². The van der Waals surface area contributed by atoms with E-state index in [1.807, 2.05) is 30.3 Å². The molecule has 1 aliphatic heterocycles. The fraction of sp³-hybridized carbons (Fsp3) is 0.190. The number of rotatable bonds is 5. The number of carbonyl (C=O) groups is 1. The third-order valence-electron chi connectivity index (χ3n) is 4.48. The number of fused-ring (bicyclic) bond motifs is 1. The molecular weight excluding hydrogens is 361 g/mol. The standard InChI is InChI=1S/C21H18FN3OS/c22-18-9-8-16(21-17(18)7-4-11-23-21)13-27-14-20(26)25-12-10-19(24-25)15-5-2-1-3-6-15/h1-9,11H,10,12-14H2. The first kappa shape index (κ1) is 17.7. The van der Waals surface area contributed by atoms with Gasteiger partial charge in [0.2, 0.25) is 0 Å². The van der Waals surface area contributed by atoms with Crippen molar-refractivity contribution in [2.75, 3.05) is 12.3 Å². The second-order valence-corrected chi connectivity index (χ2v) is 7.26. The Hall–Kier alpha value is -2.73. The van der Waals surface area contributed by atoms with E-state index in [9.17, 15) is 9.18 Å². The monoisotopic (exact) mass is 379 g/mol. The Labute approximate surface area is 161 Å². The molecule has 0 N–H and O–H groups in total. The van der Waals surface area contributed by atoms with Crippen LogP contribution in [-0.4, -0.2) is 33.9 Å². The maximum Gasteiger partial charge on any atom is 0.252 e. The number of aromatic nitrogens is 1. The molecule has 0 fully saturated rings. The molecule has 0 unspecified atom stereocenters. The highest BCUT2D eigenvalue weighted by Gasteiger charge is 2.21. The molecule has 4 rings (SSSR count). The minimum atomic E-state index is -0.275. The number of amides is 1. The quantitative estimate of drug-likeness (QED) is 0.666. The average molecular weight is 379 g/mol. The van der Waals surface area contributed by atoms with Gasteiger partial charge in [0.1, 0.15) is 5.82 Å². The number of hydrazone groups is 1. The van der Waals surface area contributed by atoms with Crippen LogP contribution < -0.4 is 0 Å². The van der Waals surface area contributed by atoms with Crippen molar-refractivity contribution >= 4 is 34.3 Å². The van der Waals surface area contributed by atoms with E-state index < -0.39 is 0 Å². The van der Waals surface area contributed by atoms with Gasteiger partial charge in [-0.05, 0) is 29.3 Å². The fourth-order valence-corrected chi connectivity index (χ4v) is 3.98. The van der Waals surface area contributed by atoms with Gasteiger partial charge >= 0.3 is 0 Å². The Kier molecular flexibility index (Phi) is 5.16. The van der Waals surface area contributed by atoms with E-state index in [-0.39, 0.29) is 11.7 Å². The van der Waals surface area contributed by atoms with Crippen LogP contribution in [0.15, 0.2) is 65.9 Å². The molecule has 3 aromatic rings. The molecular formula is C21H18FN3OS. The Morgan fingerprint density at radius 2 is 1.96 bits per heavy atom. The van der Waals surface area contributed by atoms with Crippen molar-refractivity contribution in [3.8, 4) is 0 Å². The van der Waals surface area contributed by atoms with Gasteiger partial charge in [0.15, 0.2) is 0 Å². The number of halogens is 1. The maximum absolute atomic E-state index is 13.9. The van der Waals surface area contributed by atoms with Crippen LogP contribution in [0.1, 0.15) is 17.5 Å². The molecule has 0 saturated carbocycles. The molecule has 1 amide bonds. The SMILES string of the molecule is O=C(CSCc1ccc(F)c2cccnc12)N1CCC(c2ccccc2)=N1. The van der Waals surface area contributed by atoms with Gasteiger partial charge in [-0.3, -0.25) is 9.78 Å². The van der Waals surface area contributed by atoms with Gasteiger partial charge in [0.05, 0.1) is 23.5 Å². The number of hydrogen-bond donors (Lipinski definition) is 0. The summed E-state index contributed by atoms with van der Waals surface area (Å²) >= 11 is 1.50. The van der Waals surface area contributed by atoms with E-state index in [0.717, 1.165) is 23.3 Å². The van der Waals surface area contributed by atoms with Gasteiger partial charge in [-0.2, -0.15) is 5.10 Å². The third-order valence-corrected chi connectivity index (χ3v) is 5.45. The Morgan fingerprint density at radius 1 is 1.11 bits per heavy atom. The summed E-state index contributed by atoms with van der Waals surface area (Å²) in [7, 11) is 0. The van der Waals surface area contributed by atoms with Crippen LogP contribution in [0, 0.1) is 5.82 Å². The molecule has 0 radical (unpaired) electrons. The van der Waals surface area contributed by atoms with E-state index in [0.29, 0.717) is 29.0 Å². The summed E-state index contributed by atoms with van der Waals surface area (Å²) in [5.41, 5.74) is 3.59. The van der Waals surface area contributed by atoms with Gasteiger partial charge in [-0.1, -0.05) is 36.4 Å². The zero-order valence-electron chi connectivity index (χ0n) is 14.6. The van der Waals surface area contributed by atoms with E-state index >= 15 is 0 Å². The van der Waals surface area contributed by atoms with Crippen molar-refractivity contribution in [1.29, 1.82) is 0 Å². The lowest BCUT2D eigenvalue weighted by Gasteiger charge is -2.11. The van der Waals surface area contributed by atoms with Crippen LogP contribution in [0.3, 0.4) is 0 Å². The normalized spacial score (nSPS) is 13.8. The van der Waals surface area contributed by atoms with Crippen molar-refractivity contribution in [3.63, 3.8) is 0 Å². The molecule has 0 bridgehead atoms. The number of pyridine rings is 1. The van der Waals surface area contributed by atoms with Crippen molar-refractivity contribution < 1.29 is 9.18 Å². The summed E-state index contributed by atoms with van der Waals surface area (Å²) < 4.78 is 13.9. The molecule has 1 aromatic heterocycles. The summed E-state index contributed by atoms with van der Waals surface area (Å²) in [5.74, 6) is 0.646. The lowest BCUT2D eigenvalue weighted by Crippen LogP contribution is -2.25. The predicted octanol–water partition coefficient (Wildman–Crippen LogP) is 4.24. The highest BCUT2D eigenvalue weighted by atomic mass is 32.2. The highest BCUT2D eigenvalue weighted by molar-refractivity contribution is 7.99. The Balaban J connectivity index is 1.38. The van der Waals surface area contributed by atoms with Crippen molar-refractivity contribution in [1.82, 2.24) is 9.99 Å². The summed E-state index contributed by atoms with van der Waals surface area (Å²) in [6, 6.07) is 16.6. The van der Waals surface area contributed by atoms with Crippen LogP contribution in [0.5, 0.6) is 0 Å². The summed E-state index contributed by atoms with van der Waals surface area (Å²) in [4.78, 5) is 16.7. The van der Waals surface area contributed by atoms with Gasteiger partial charge in [-0.15, -0.1) is 11.8 Å². The molecule has 1 aliphatic rings. The van der Waals surface area contributed by atoms with E-state index in [2.05, 4.69) is 10.1 Å². The number of carbonyl (C=O) groups excluding carboxylic acids is 1. The minimum Gasteiger partial charge on any atom is -0.272 e. The van der Waals surface area contributed by atoms with Crippen LogP contribution in [0.2, 0.25) is 0 Å². The Bertz CT molecular complexity index is 1010. The minimum absolute atomic E-state index is 0.00897. The molecule has 0 spiro atoms. The molecule has 27 heavy (non-hydrogen) atoms. The summed E-state index contributed by atoms with van der Waals surface area (Å²) in [5, 5.41) is 6.54. The number of thioether (sulfide) groups is 1. The van der Waals surface area contributed by atoms with Crippen LogP contribution in [0.4, 0.5) is 4.39 Å². The smallest absolute Gasteiger partial charge is 0.252 e.